The summed E-state index contributed by atoms with van der Waals surface area (Å²) in [6.45, 7) is 9.23. The van der Waals surface area contributed by atoms with Crippen molar-refractivity contribution < 1.29 is 86.6 Å². The molecule has 5 aromatic carbocycles. The zero-order chi connectivity index (χ0) is 96.6. The van der Waals surface area contributed by atoms with Gasteiger partial charge in [0.2, 0.25) is 76.8 Å². The van der Waals surface area contributed by atoms with Gasteiger partial charge in [-0.05, 0) is 190 Å². The van der Waals surface area contributed by atoms with E-state index in [4.69, 9.17) is 27.8 Å². The fourth-order valence-corrected chi connectivity index (χ4v) is 17.2. The summed E-state index contributed by atoms with van der Waals surface area (Å²) in [7, 11) is 1.89. The number of aliphatic hydroxyl groups excluding tert-OH is 1. The van der Waals surface area contributed by atoms with E-state index in [-0.39, 0.29) is 112 Å². The maximum atomic E-state index is 15.7. The molecule has 0 spiro atoms. The van der Waals surface area contributed by atoms with Crippen LogP contribution < -0.4 is 80.6 Å². The van der Waals surface area contributed by atoms with Crippen LogP contribution in [0.15, 0.2) is 140 Å². The third-order valence-electron chi connectivity index (χ3n) is 24.3. The average Bonchev–Trinajstić information content (AvgIpc) is 1.61. The van der Waals surface area contributed by atoms with Gasteiger partial charge < -0.3 is 94.9 Å². The molecule has 4 heterocycles. The number of primary amides is 2. The summed E-state index contributed by atoms with van der Waals surface area (Å²) in [4.78, 5) is 232. The van der Waals surface area contributed by atoms with E-state index < -0.39 is 174 Å². The summed E-state index contributed by atoms with van der Waals surface area (Å²) < 4.78 is 7.84. The Labute approximate surface area is 779 Å². The highest BCUT2D eigenvalue weighted by atomic mass is 35.5. The number of anilines is 2. The molecule has 2 aliphatic heterocycles. The normalized spacial score (nSPS) is 18.1. The number of aryl methyl sites for hydroxylation is 2. The Morgan fingerprint density at radius 3 is 1.65 bits per heavy atom. The molecule has 0 bridgehead atoms. The Morgan fingerprint density at radius 2 is 1.10 bits per heavy atom. The van der Waals surface area contributed by atoms with Gasteiger partial charge in [-0.3, -0.25) is 77.3 Å². The minimum atomic E-state index is -1.95. The first-order valence-electron chi connectivity index (χ1n) is 45.0. The number of carbonyl (C=O) groups excluding carboxylic acids is 16. The number of hydrogen-bond acceptors (Lipinski definition) is 21. The molecule has 18 N–H and O–H groups in total. The van der Waals surface area contributed by atoms with Crippen LogP contribution in [0.1, 0.15) is 139 Å². The van der Waals surface area contributed by atoms with Gasteiger partial charge in [-0.2, -0.15) is 0 Å². The number of rotatable bonds is 43. The van der Waals surface area contributed by atoms with Gasteiger partial charge in [0.15, 0.2) is 0 Å². The molecule has 2 aromatic heterocycles. The SMILES string of the molecule is CC(=O)N[C@H](Cc1ccc2ccccc2c1)C(=O)N[C@H](Cc1ccc(Cl)cc1)C(=O)N[C@H](Cc1cccnc1)C(=O)NC(CO)C(=O)N[C@@H](Cc1ccc(NC(=O)[C@@H]2CC(=O)NC(=O)N2)cc1)C(=O)N[C@H](Cc1ccc(NC(N)=O)cc1)C(=O)N[C@@H](CC(C)C)C(=O)N[C@@H](CCCCN(C(=O)OC[C@H]1[C@@H]2CCc3c(nnn3C)CC[C@@H]21)C(C)C)C(=O)N1CCC[C@H]1C(=O)N[C@H](C)C(N)=O. The molecule has 134 heavy (non-hydrogen) atoms. The summed E-state index contributed by atoms with van der Waals surface area (Å²) in [5.41, 5.74) is 15.7. The van der Waals surface area contributed by atoms with Gasteiger partial charge in [-0.1, -0.05) is 116 Å². The van der Waals surface area contributed by atoms with E-state index >= 15 is 33.6 Å². The molecule has 2 saturated heterocycles. The number of unbranched alkanes of at least 4 members (excludes halogenated alkanes) is 1. The fraction of sp³-hybridized carbons (Fsp3) is 0.457. The van der Waals surface area contributed by atoms with Gasteiger partial charge >= 0.3 is 18.2 Å². The first-order valence-corrected chi connectivity index (χ1v) is 45.4. The number of aromatic nitrogens is 4. The van der Waals surface area contributed by atoms with Crippen LogP contribution in [0.4, 0.5) is 25.8 Å². The summed E-state index contributed by atoms with van der Waals surface area (Å²) >= 11 is 6.29. The predicted octanol–water partition coefficient (Wildman–Crippen LogP) is 2.93. The highest BCUT2D eigenvalue weighted by Crippen LogP contribution is 2.53. The molecule has 14 atom stereocenters. The number of pyridine rings is 1. The van der Waals surface area contributed by atoms with Crippen molar-refractivity contribution in [3.8, 4) is 0 Å². The Balaban J connectivity index is 0.853. The highest BCUT2D eigenvalue weighted by Gasteiger charge is 2.51. The zero-order valence-electron chi connectivity index (χ0n) is 75.8. The number of amides is 18. The van der Waals surface area contributed by atoms with E-state index in [0.717, 1.165) is 47.8 Å². The number of nitrogens with one attached hydrogen (secondary N) is 13. The molecule has 39 nitrogen and oxygen atoms in total. The second-order valence-electron chi connectivity index (χ2n) is 35.2. The van der Waals surface area contributed by atoms with Crippen LogP contribution in [-0.4, -0.2) is 229 Å². The van der Waals surface area contributed by atoms with Crippen LogP contribution in [0.25, 0.3) is 10.8 Å². The smallest absolute Gasteiger partial charge is 0.409 e. The third kappa shape index (κ3) is 28.8. The van der Waals surface area contributed by atoms with Gasteiger partial charge in [-0.15, -0.1) is 5.10 Å². The molecule has 1 saturated carbocycles. The molecule has 2 aliphatic carbocycles. The molecular weight excluding hydrogens is 1750 g/mol. The van der Waals surface area contributed by atoms with Crippen molar-refractivity contribution in [1.82, 2.24) is 88.3 Å². The number of halogens is 1. The number of likely N-dealkylation sites (tertiary alicyclic amines) is 1. The second-order valence-corrected chi connectivity index (χ2v) is 35.6. The minimum absolute atomic E-state index is 0.00643. The van der Waals surface area contributed by atoms with Crippen molar-refractivity contribution in [2.75, 3.05) is 36.9 Å². The largest absolute Gasteiger partial charge is 0.449 e. The topological polar surface area (TPSA) is 561 Å². The van der Waals surface area contributed by atoms with E-state index in [2.05, 4.69) is 84.4 Å². The number of benzene rings is 5. The maximum Gasteiger partial charge on any atom is 0.409 e. The number of ether oxygens (including phenoxy) is 1. The van der Waals surface area contributed by atoms with Crippen LogP contribution in [0.5, 0.6) is 0 Å². The number of carbonyl (C=O) groups is 16. The average molecular weight is 1870 g/mol. The second kappa shape index (κ2) is 47.4. The summed E-state index contributed by atoms with van der Waals surface area (Å²) in [6.07, 6.45) is 5.02. The first-order chi connectivity index (χ1) is 64.0. The lowest BCUT2D eigenvalue weighted by atomic mass is 9.99. The van der Waals surface area contributed by atoms with Crippen LogP contribution in [0.2, 0.25) is 5.02 Å². The van der Waals surface area contributed by atoms with Crippen LogP contribution in [0.3, 0.4) is 0 Å². The van der Waals surface area contributed by atoms with Gasteiger partial charge in [0, 0.05) is 94.0 Å². The Morgan fingerprint density at radius 1 is 0.575 bits per heavy atom. The molecule has 40 heteroatoms. The molecular formula is C94H118ClN21O18. The number of imide groups is 1. The van der Waals surface area contributed by atoms with Gasteiger partial charge in [0.25, 0.3) is 0 Å². The Bertz CT molecular complexity index is 5400. The number of fused-ring (bicyclic) bond motifs is 3. The van der Waals surface area contributed by atoms with Crippen molar-refractivity contribution in [2.24, 2.45) is 42.2 Å². The van der Waals surface area contributed by atoms with Crippen LogP contribution >= 0.6 is 11.6 Å². The Kier molecular flexibility index (Phi) is 35.6. The monoisotopic (exact) mass is 1860 g/mol. The van der Waals surface area contributed by atoms with Crippen molar-refractivity contribution >= 4 is 129 Å². The maximum absolute atomic E-state index is 15.7. The van der Waals surface area contributed by atoms with E-state index in [1.165, 1.54) is 79.7 Å². The van der Waals surface area contributed by atoms with E-state index in [0.29, 0.717) is 52.0 Å². The van der Waals surface area contributed by atoms with Gasteiger partial charge in [0.1, 0.15) is 66.5 Å². The van der Waals surface area contributed by atoms with Crippen molar-refractivity contribution in [3.05, 3.63) is 184 Å². The van der Waals surface area contributed by atoms with Crippen LogP contribution in [0, 0.1) is 23.7 Å². The van der Waals surface area contributed by atoms with Gasteiger partial charge in [0.05, 0.1) is 31.0 Å². The summed E-state index contributed by atoms with van der Waals surface area (Å²) in [5, 5.41) is 55.8. The van der Waals surface area contributed by atoms with Gasteiger partial charge in [-0.25, -0.2) is 14.4 Å². The summed E-state index contributed by atoms with van der Waals surface area (Å²) in [6, 6.07) is 16.2. The van der Waals surface area contributed by atoms with Crippen molar-refractivity contribution in [3.63, 3.8) is 0 Å². The number of hydrogen-bond donors (Lipinski definition) is 16. The number of urea groups is 2. The molecule has 7 aromatic rings. The van der Waals surface area contributed by atoms with E-state index in [9.17, 15) is 48.3 Å². The number of nitrogens with two attached hydrogens (primary N) is 2. The van der Waals surface area contributed by atoms with Crippen molar-refractivity contribution in [1.29, 1.82) is 0 Å². The molecule has 4 aliphatic rings. The molecule has 0 radical (unpaired) electrons. The van der Waals surface area contributed by atoms with Crippen molar-refractivity contribution in [2.45, 2.75) is 217 Å². The summed E-state index contributed by atoms with van der Waals surface area (Å²) in [5.74, 6) is -10.5. The number of nitrogens with zero attached hydrogens (tertiary/aromatic N) is 6. The lowest BCUT2D eigenvalue weighted by molar-refractivity contribution is -0.142. The number of aliphatic hydroxyl groups is 1. The standard InChI is InChI=1S/C94H118ClN21O18/c1-51(2)40-70(83(122)103-69(91(130)116-39-13-18-79(116)90(129)99-53(5)81(96)120)17-10-11-38-115(52(3)4)94(133)134-50-67-65-33-35-68-78(36-34-66(65)67)114(7)113-112-68)104-85(124)73(43-57-24-31-64(32-25-57)102-92(97)131)106-87(126)74(44-56-22-29-63(30-23-56)101-82(121)76-47-80(119)111-93(132)110-76)108-89(128)77(49-117)109-88(127)75(46-59-14-12-37-98-48-59)107-86(125)72(42-55-20-27-62(95)28-21-55)105-84(123)71(100-54(6)118)45-58-19-26-60-15-8-9-16-61(60)41-58/h8-9,12,14-16,19-32,37,41,48,51-53,65-67,69-77,79,117H,10-11,13,17-18,33-36,38-40,42-47,49-50H2,1-7H3,(H2,96,120)(H,99,129)(H,100,118)(H,101,121)(H,103,122)(H,104,124)(H,105,123)(H,106,126)(H,107,125)(H,108,128)(H,109,127)(H3,97,102,131)(H2,110,111,119,132)/t53-,65+,66-,67-,69+,70+,71-,72-,73-,74+,75-,76+,77?,79+/m1/s1. The first kappa shape index (κ1) is 101. The van der Waals surface area contributed by atoms with E-state index in [1.54, 1.807) is 55.1 Å². The van der Waals surface area contributed by atoms with E-state index in [1.807, 2.05) is 68.0 Å². The molecule has 18 amide bonds. The fourth-order valence-electron chi connectivity index (χ4n) is 17.1. The zero-order valence-corrected chi connectivity index (χ0v) is 76.5. The third-order valence-corrected chi connectivity index (χ3v) is 24.6. The quantitative estimate of drug-likeness (QED) is 0.0244. The molecule has 714 valence electrons. The minimum Gasteiger partial charge on any atom is -0.449 e. The Hall–Kier alpha value is -14.0. The lowest BCUT2D eigenvalue weighted by Gasteiger charge is -2.31. The molecule has 11 rings (SSSR count). The lowest BCUT2D eigenvalue weighted by Crippen LogP contribution is -2.62. The molecule has 3 fully saturated rings. The van der Waals surface area contributed by atoms with Crippen LogP contribution in [-0.2, 0) is 119 Å². The molecule has 1 unspecified atom stereocenters. The predicted molar refractivity (Wildman–Crippen MR) is 492 cm³/mol. The highest BCUT2D eigenvalue weighted by molar-refractivity contribution is 6.30.